The fraction of sp³-hybridized carbons (Fsp3) is 0.381. The molecular weight excluding hydrogens is 449 g/mol. The minimum absolute atomic E-state index is 0.0501. The summed E-state index contributed by atoms with van der Waals surface area (Å²) in [5.41, 5.74) is 1.29. The van der Waals surface area contributed by atoms with E-state index in [1.165, 1.54) is 0 Å². The first-order valence-corrected chi connectivity index (χ1v) is 12.0. The van der Waals surface area contributed by atoms with Crippen molar-refractivity contribution < 1.29 is 22.1 Å². The Balaban J connectivity index is 1.85. The van der Waals surface area contributed by atoms with E-state index >= 15 is 0 Å². The first-order valence-electron chi connectivity index (χ1n) is 9.44. The highest BCUT2D eigenvalue weighted by Gasteiger charge is 2.41. The molecule has 9 heteroatoms. The number of hydrogen-bond donors (Lipinski definition) is 0. The minimum atomic E-state index is -3.52. The van der Waals surface area contributed by atoms with Crippen LogP contribution in [0.15, 0.2) is 48.5 Å². The highest BCUT2D eigenvalue weighted by Crippen LogP contribution is 2.37. The fourth-order valence-electron chi connectivity index (χ4n) is 3.61. The molecule has 0 N–H and O–H groups in total. The molecule has 0 aliphatic carbocycles. The van der Waals surface area contributed by atoms with Crippen LogP contribution in [0.2, 0.25) is 10.0 Å². The predicted molar refractivity (Wildman–Crippen MR) is 116 cm³/mol. The van der Waals surface area contributed by atoms with Crippen LogP contribution in [0.25, 0.3) is 0 Å². The van der Waals surface area contributed by atoms with Crippen molar-refractivity contribution in [1.29, 1.82) is 0 Å². The van der Waals surface area contributed by atoms with Gasteiger partial charge in [0.15, 0.2) is 0 Å². The zero-order valence-electron chi connectivity index (χ0n) is 16.5. The van der Waals surface area contributed by atoms with Gasteiger partial charge in [-0.15, -0.1) is 0 Å². The first-order chi connectivity index (χ1) is 14.2. The minimum Gasteiger partial charge on any atom is -0.448 e. The molecule has 1 unspecified atom stereocenters. The van der Waals surface area contributed by atoms with E-state index in [2.05, 4.69) is 0 Å². The quantitative estimate of drug-likeness (QED) is 0.414. The van der Waals surface area contributed by atoms with Crippen LogP contribution in [0.3, 0.4) is 0 Å². The number of hydrogen-bond acceptors (Lipinski definition) is 5. The summed E-state index contributed by atoms with van der Waals surface area (Å²) in [6.45, 7) is 1.02. The largest absolute Gasteiger partial charge is 0.448 e. The summed E-state index contributed by atoms with van der Waals surface area (Å²) in [7, 11) is -3.52. The van der Waals surface area contributed by atoms with Gasteiger partial charge in [0.05, 0.1) is 22.9 Å². The summed E-state index contributed by atoms with van der Waals surface area (Å²) in [6, 6.07) is 15.0. The lowest BCUT2D eigenvalue weighted by Crippen LogP contribution is -2.52. The van der Waals surface area contributed by atoms with Crippen molar-refractivity contribution >= 4 is 39.4 Å². The molecule has 0 bridgehead atoms. The number of carbonyl (C=O) groups is 1. The van der Waals surface area contributed by atoms with Gasteiger partial charge in [-0.25, -0.2) is 4.79 Å². The van der Waals surface area contributed by atoms with Gasteiger partial charge in [-0.2, -0.15) is 8.42 Å². The van der Waals surface area contributed by atoms with E-state index in [0.29, 0.717) is 36.0 Å². The molecule has 1 aliphatic rings. The van der Waals surface area contributed by atoms with Crippen LogP contribution in [0.1, 0.15) is 24.0 Å². The van der Waals surface area contributed by atoms with E-state index in [9.17, 15) is 13.2 Å². The third kappa shape index (κ3) is 5.88. The normalized spacial score (nSPS) is 19.6. The number of halogens is 2. The molecule has 2 aromatic rings. The molecule has 6 nitrogen and oxygen atoms in total. The summed E-state index contributed by atoms with van der Waals surface area (Å²) in [6.07, 6.45) is 1.64. The van der Waals surface area contributed by atoms with Gasteiger partial charge in [0.1, 0.15) is 6.61 Å². The molecule has 0 radical (unpaired) electrons. The third-order valence-corrected chi connectivity index (χ3v) is 6.40. The van der Waals surface area contributed by atoms with Crippen molar-refractivity contribution in [2.45, 2.75) is 24.8 Å². The number of ether oxygens (including phenoxy) is 1. The second kappa shape index (κ2) is 9.56. The van der Waals surface area contributed by atoms with Crippen molar-refractivity contribution in [3.63, 3.8) is 0 Å². The first kappa shape index (κ1) is 22.9. The number of rotatable bonds is 8. The van der Waals surface area contributed by atoms with Gasteiger partial charge < -0.3 is 9.64 Å². The average molecular weight is 472 g/mol. The zero-order chi connectivity index (χ0) is 21.8. The molecule has 2 aromatic carbocycles. The fourth-order valence-corrected chi connectivity index (χ4v) is 4.33. The molecule has 30 heavy (non-hydrogen) atoms. The molecule has 1 aliphatic heterocycles. The monoisotopic (exact) mass is 471 g/mol. The summed E-state index contributed by atoms with van der Waals surface area (Å²) < 4.78 is 33.0. The van der Waals surface area contributed by atoms with Crippen LogP contribution in [0, 0.1) is 0 Å². The Morgan fingerprint density at radius 1 is 1.13 bits per heavy atom. The van der Waals surface area contributed by atoms with Crippen molar-refractivity contribution in [2.75, 3.05) is 26.0 Å². The van der Waals surface area contributed by atoms with Gasteiger partial charge in [0.2, 0.25) is 0 Å². The zero-order valence-corrected chi connectivity index (χ0v) is 18.8. The van der Waals surface area contributed by atoms with E-state index in [-0.39, 0.29) is 19.3 Å². The molecular formula is C21H23Cl2NO5S. The van der Waals surface area contributed by atoms with Gasteiger partial charge in [0.25, 0.3) is 10.1 Å². The molecule has 1 atom stereocenters. The van der Waals surface area contributed by atoms with Crippen molar-refractivity contribution in [3.8, 4) is 0 Å². The maximum absolute atomic E-state index is 12.5. The van der Waals surface area contributed by atoms with Crippen LogP contribution in [-0.4, -0.2) is 45.4 Å². The van der Waals surface area contributed by atoms with Crippen molar-refractivity contribution in [1.82, 2.24) is 4.90 Å². The van der Waals surface area contributed by atoms with E-state index in [1.54, 1.807) is 17.0 Å². The topological polar surface area (TPSA) is 72.9 Å². The van der Waals surface area contributed by atoms with Crippen LogP contribution >= 0.6 is 23.2 Å². The van der Waals surface area contributed by atoms with Crippen molar-refractivity contribution in [2.24, 2.45) is 0 Å². The Morgan fingerprint density at radius 3 is 2.53 bits per heavy atom. The van der Waals surface area contributed by atoms with Gasteiger partial charge >= 0.3 is 6.09 Å². The highest BCUT2D eigenvalue weighted by molar-refractivity contribution is 7.85. The van der Waals surface area contributed by atoms with Crippen molar-refractivity contribution in [3.05, 3.63) is 69.7 Å². The summed E-state index contributed by atoms with van der Waals surface area (Å²) in [5.74, 6) is 0. The molecule has 1 fully saturated rings. The maximum Gasteiger partial charge on any atom is 0.410 e. The number of cyclic esters (lactones) is 1. The van der Waals surface area contributed by atoms with E-state index in [4.69, 9.17) is 32.1 Å². The second-order valence-corrected chi connectivity index (χ2v) is 9.89. The van der Waals surface area contributed by atoms with E-state index in [0.717, 1.165) is 17.4 Å². The SMILES string of the molecule is CS(=O)(=O)OCCCC1(c2ccc(Cl)c(Cl)c2)COC(=O)N(Cc2ccccc2)C1. The van der Waals surface area contributed by atoms with Gasteiger partial charge in [-0.05, 0) is 36.1 Å². The van der Waals surface area contributed by atoms with Crippen LogP contribution in [0.5, 0.6) is 0 Å². The highest BCUT2D eigenvalue weighted by atomic mass is 35.5. The Bertz CT molecular complexity index is 1000. The Morgan fingerprint density at radius 2 is 1.87 bits per heavy atom. The van der Waals surface area contributed by atoms with Gasteiger partial charge in [0, 0.05) is 18.5 Å². The smallest absolute Gasteiger partial charge is 0.410 e. The molecule has 3 rings (SSSR count). The van der Waals surface area contributed by atoms with E-state index < -0.39 is 15.5 Å². The van der Waals surface area contributed by atoms with Gasteiger partial charge in [-0.1, -0.05) is 59.6 Å². The molecule has 1 amide bonds. The molecule has 1 saturated heterocycles. The average Bonchev–Trinajstić information content (AvgIpc) is 2.70. The lowest BCUT2D eigenvalue weighted by atomic mass is 9.76. The third-order valence-electron chi connectivity index (χ3n) is 5.07. The number of amides is 1. The summed E-state index contributed by atoms with van der Waals surface area (Å²) in [5, 5.41) is 0.845. The summed E-state index contributed by atoms with van der Waals surface area (Å²) in [4.78, 5) is 14.1. The van der Waals surface area contributed by atoms with Crippen LogP contribution < -0.4 is 0 Å². The van der Waals surface area contributed by atoms with E-state index in [1.807, 2.05) is 36.4 Å². The maximum atomic E-state index is 12.5. The number of carbonyl (C=O) groups excluding carboxylic acids is 1. The molecule has 162 valence electrons. The van der Waals surface area contributed by atoms with Crippen LogP contribution in [0.4, 0.5) is 4.79 Å². The van der Waals surface area contributed by atoms with Gasteiger partial charge in [-0.3, -0.25) is 4.18 Å². The molecule has 0 aromatic heterocycles. The molecule has 0 saturated carbocycles. The lowest BCUT2D eigenvalue weighted by molar-refractivity contribution is 0.0194. The number of benzene rings is 2. The predicted octanol–water partition coefficient (Wildman–Crippen LogP) is 4.64. The molecule has 1 heterocycles. The second-order valence-electron chi connectivity index (χ2n) is 7.44. The Hall–Kier alpha value is -1.80. The number of nitrogens with zero attached hydrogens (tertiary/aromatic N) is 1. The Kier molecular flexibility index (Phi) is 7.29. The molecule has 0 spiro atoms. The lowest BCUT2D eigenvalue weighted by Gasteiger charge is -2.42. The summed E-state index contributed by atoms with van der Waals surface area (Å²) >= 11 is 12.3. The van der Waals surface area contributed by atoms with Crippen LogP contribution in [-0.2, 0) is 31.0 Å². The standard InChI is InChI=1S/C21H23Cl2NO5S/c1-30(26,27)29-11-5-10-21(17-8-9-18(22)19(23)12-17)14-24(20(25)28-15-21)13-16-6-3-2-4-7-16/h2-4,6-9,12H,5,10-11,13-15H2,1H3. The Labute approximate surface area is 186 Å².